The van der Waals surface area contributed by atoms with Gasteiger partial charge in [0.25, 0.3) is 11.7 Å². The summed E-state index contributed by atoms with van der Waals surface area (Å²) in [6.07, 6.45) is 0. The molecule has 142 valence electrons. The molecule has 1 amide bonds. The molecule has 1 unspecified atom stereocenters. The van der Waals surface area contributed by atoms with Crippen LogP contribution in [0.15, 0.2) is 59.5 Å². The standard InChI is InChI=1S/C22H19NO3S2/c1-13-5-8-15(9-6-13)20(24)18-19(17-10-7-14(2)28-17)23(22(26)21(18)25)12-16-4-3-11-27-16/h3-11,19,24H,12H2,1-2H3/b20-18+. The molecule has 1 fully saturated rings. The lowest BCUT2D eigenvalue weighted by molar-refractivity contribution is -0.140. The van der Waals surface area contributed by atoms with Crippen molar-refractivity contribution in [2.24, 2.45) is 0 Å². The average molecular weight is 410 g/mol. The van der Waals surface area contributed by atoms with Crippen LogP contribution in [0.1, 0.15) is 31.8 Å². The van der Waals surface area contributed by atoms with Crippen molar-refractivity contribution in [3.63, 3.8) is 0 Å². The number of ketones is 1. The van der Waals surface area contributed by atoms with Gasteiger partial charge >= 0.3 is 0 Å². The van der Waals surface area contributed by atoms with E-state index in [0.29, 0.717) is 12.1 Å². The van der Waals surface area contributed by atoms with Crippen molar-refractivity contribution in [1.29, 1.82) is 0 Å². The topological polar surface area (TPSA) is 57.6 Å². The van der Waals surface area contributed by atoms with Gasteiger partial charge in [0.2, 0.25) is 0 Å². The van der Waals surface area contributed by atoms with Crippen LogP contribution < -0.4 is 0 Å². The van der Waals surface area contributed by atoms with E-state index in [1.54, 1.807) is 28.4 Å². The lowest BCUT2D eigenvalue weighted by atomic mass is 9.99. The largest absolute Gasteiger partial charge is 0.507 e. The molecule has 2 aromatic heterocycles. The summed E-state index contributed by atoms with van der Waals surface area (Å²) in [5.41, 5.74) is 1.75. The third-order valence-corrected chi connectivity index (χ3v) is 6.72. The van der Waals surface area contributed by atoms with Gasteiger partial charge in [0, 0.05) is 20.2 Å². The fraction of sp³-hybridized carbons (Fsp3) is 0.182. The first-order valence-corrected chi connectivity index (χ1v) is 10.6. The van der Waals surface area contributed by atoms with E-state index in [-0.39, 0.29) is 11.3 Å². The van der Waals surface area contributed by atoms with E-state index in [0.717, 1.165) is 20.2 Å². The van der Waals surface area contributed by atoms with Crippen LogP contribution in [0.25, 0.3) is 5.76 Å². The molecule has 1 aromatic carbocycles. The van der Waals surface area contributed by atoms with Crippen LogP contribution in [0.2, 0.25) is 0 Å². The zero-order chi connectivity index (χ0) is 19.8. The maximum absolute atomic E-state index is 12.9. The second-order valence-corrected chi connectivity index (χ2v) is 9.17. The Bertz CT molecular complexity index is 1060. The Labute approximate surface area is 171 Å². The van der Waals surface area contributed by atoms with Crippen molar-refractivity contribution in [3.05, 3.63) is 85.2 Å². The second-order valence-electron chi connectivity index (χ2n) is 6.82. The molecular weight excluding hydrogens is 390 g/mol. The monoisotopic (exact) mass is 409 g/mol. The SMILES string of the molecule is Cc1ccc(/C(O)=C2\C(=O)C(=O)N(Cc3cccs3)C2c2ccc(C)s2)cc1. The third kappa shape index (κ3) is 3.30. The molecule has 0 aliphatic carbocycles. The number of aryl methyl sites for hydroxylation is 2. The van der Waals surface area contributed by atoms with Crippen molar-refractivity contribution in [2.45, 2.75) is 26.4 Å². The molecule has 3 aromatic rings. The minimum Gasteiger partial charge on any atom is -0.507 e. The van der Waals surface area contributed by atoms with Crippen molar-refractivity contribution in [1.82, 2.24) is 4.90 Å². The fourth-order valence-corrected chi connectivity index (χ4v) is 5.08. The lowest BCUT2D eigenvalue weighted by Gasteiger charge is -2.23. The highest BCUT2D eigenvalue weighted by Gasteiger charge is 2.46. The molecule has 0 saturated carbocycles. The number of hydrogen-bond acceptors (Lipinski definition) is 5. The van der Waals surface area contributed by atoms with Crippen LogP contribution in [0.5, 0.6) is 0 Å². The molecule has 6 heteroatoms. The van der Waals surface area contributed by atoms with Gasteiger partial charge < -0.3 is 10.0 Å². The average Bonchev–Trinajstić information content (AvgIpc) is 3.39. The van der Waals surface area contributed by atoms with Crippen molar-refractivity contribution >= 4 is 40.1 Å². The van der Waals surface area contributed by atoms with E-state index < -0.39 is 17.7 Å². The van der Waals surface area contributed by atoms with E-state index >= 15 is 0 Å². The number of thiophene rings is 2. The Kier molecular flexibility index (Phi) is 4.91. The van der Waals surface area contributed by atoms with Crippen LogP contribution >= 0.6 is 22.7 Å². The minimum atomic E-state index is -0.634. The van der Waals surface area contributed by atoms with Gasteiger partial charge in [0.15, 0.2) is 0 Å². The summed E-state index contributed by atoms with van der Waals surface area (Å²) in [6, 6.07) is 14.5. The molecule has 1 aliphatic rings. The second kappa shape index (κ2) is 7.37. The van der Waals surface area contributed by atoms with E-state index in [1.807, 2.05) is 55.6 Å². The summed E-state index contributed by atoms with van der Waals surface area (Å²) in [5, 5.41) is 12.9. The lowest BCUT2D eigenvalue weighted by Crippen LogP contribution is -2.28. The molecule has 1 N–H and O–H groups in total. The van der Waals surface area contributed by atoms with E-state index in [1.165, 1.54) is 11.3 Å². The van der Waals surface area contributed by atoms with Crippen molar-refractivity contribution < 1.29 is 14.7 Å². The smallest absolute Gasteiger partial charge is 0.296 e. The molecule has 28 heavy (non-hydrogen) atoms. The third-order valence-electron chi connectivity index (χ3n) is 4.80. The predicted octanol–water partition coefficient (Wildman–Crippen LogP) is 5.05. The maximum Gasteiger partial charge on any atom is 0.296 e. The Hall–Kier alpha value is -2.70. The number of aliphatic hydroxyl groups is 1. The number of benzene rings is 1. The van der Waals surface area contributed by atoms with Crippen molar-refractivity contribution in [3.8, 4) is 0 Å². The van der Waals surface area contributed by atoms with Gasteiger partial charge in [0.05, 0.1) is 12.1 Å². The summed E-state index contributed by atoms with van der Waals surface area (Å²) >= 11 is 3.08. The molecule has 1 atom stereocenters. The Morgan fingerprint density at radius 1 is 1.07 bits per heavy atom. The van der Waals surface area contributed by atoms with Gasteiger partial charge in [-0.1, -0.05) is 35.9 Å². The quantitative estimate of drug-likeness (QED) is 0.373. The van der Waals surface area contributed by atoms with Crippen LogP contribution in [0.3, 0.4) is 0 Å². The molecule has 4 rings (SSSR count). The summed E-state index contributed by atoms with van der Waals surface area (Å²) in [4.78, 5) is 30.3. The Balaban J connectivity index is 1.85. The fourth-order valence-electron chi connectivity index (χ4n) is 3.38. The van der Waals surface area contributed by atoms with Crippen molar-refractivity contribution in [2.75, 3.05) is 0 Å². The molecule has 1 saturated heterocycles. The van der Waals surface area contributed by atoms with E-state index in [9.17, 15) is 14.7 Å². The highest BCUT2D eigenvalue weighted by atomic mass is 32.1. The molecule has 0 spiro atoms. The van der Waals surface area contributed by atoms with Gasteiger partial charge in [0.1, 0.15) is 11.8 Å². The van der Waals surface area contributed by atoms with Gasteiger partial charge in [-0.3, -0.25) is 9.59 Å². The predicted molar refractivity (Wildman–Crippen MR) is 112 cm³/mol. The number of carbonyl (C=O) groups is 2. The van der Waals surface area contributed by atoms with E-state index in [2.05, 4.69) is 0 Å². The molecule has 1 aliphatic heterocycles. The molecule has 4 nitrogen and oxygen atoms in total. The van der Waals surface area contributed by atoms with Crippen LogP contribution in [0, 0.1) is 13.8 Å². The summed E-state index contributed by atoms with van der Waals surface area (Å²) in [6.45, 7) is 4.28. The molecule has 0 bridgehead atoms. The first-order chi connectivity index (χ1) is 13.5. The number of hydrogen-bond donors (Lipinski definition) is 1. The van der Waals surface area contributed by atoms with Crippen LogP contribution in [-0.2, 0) is 16.1 Å². The normalized spacial score (nSPS) is 18.8. The number of amides is 1. The van der Waals surface area contributed by atoms with Gasteiger partial charge in [-0.25, -0.2) is 0 Å². The number of likely N-dealkylation sites (tertiary alicyclic amines) is 1. The molecular formula is C22H19NO3S2. The molecule has 0 radical (unpaired) electrons. The zero-order valence-electron chi connectivity index (χ0n) is 15.5. The highest BCUT2D eigenvalue weighted by Crippen LogP contribution is 2.42. The maximum atomic E-state index is 12.9. The van der Waals surface area contributed by atoms with E-state index in [4.69, 9.17) is 0 Å². The number of nitrogens with zero attached hydrogens (tertiary/aromatic N) is 1. The van der Waals surface area contributed by atoms with Gasteiger partial charge in [-0.05, 0) is 37.4 Å². The van der Waals surface area contributed by atoms with Gasteiger partial charge in [-0.15, -0.1) is 22.7 Å². The summed E-state index contributed by atoms with van der Waals surface area (Å²) in [7, 11) is 0. The summed E-state index contributed by atoms with van der Waals surface area (Å²) in [5.74, 6) is -1.33. The zero-order valence-corrected chi connectivity index (χ0v) is 17.1. The first-order valence-electron chi connectivity index (χ1n) is 8.90. The molecule has 3 heterocycles. The summed E-state index contributed by atoms with van der Waals surface area (Å²) < 4.78 is 0. The number of aliphatic hydroxyl groups excluding tert-OH is 1. The highest BCUT2D eigenvalue weighted by molar-refractivity contribution is 7.12. The number of rotatable bonds is 4. The Morgan fingerprint density at radius 3 is 2.43 bits per heavy atom. The Morgan fingerprint density at radius 2 is 1.82 bits per heavy atom. The van der Waals surface area contributed by atoms with Gasteiger partial charge in [-0.2, -0.15) is 0 Å². The first kappa shape index (κ1) is 18.7. The number of carbonyl (C=O) groups excluding carboxylic acids is 2. The van der Waals surface area contributed by atoms with Crippen LogP contribution in [-0.4, -0.2) is 21.7 Å². The minimum absolute atomic E-state index is 0.122. The number of Topliss-reactive ketones (excluding diaryl/α,β-unsaturated/α-hetero) is 1. The van der Waals surface area contributed by atoms with Crippen LogP contribution in [0.4, 0.5) is 0 Å².